The topological polar surface area (TPSA) is 23.9 Å². The highest BCUT2D eigenvalue weighted by molar-refractivity contribution is 5.83. The van der Waals surface area contributed by atoms with Crippen molar-refractivity contribution in [1.82, 2.24) is 0 Å². The first-order chi connectivity index (χ1) is 6.49. The standard InChI is InChI=1S/C13H25N/c1-6-7-8-11(4)9-13(10(2)3)12(5)14/h11,13-14H,2,6-9H2,1,3-5H3. The van der Waals surface area contributed by atoms with Gasteiger partial charge in [0.05, 0.1) is 0 Å². The minimum atomic E-state index is 0.307. The average molecular weight is 195 g/mol. The van der Waals surface area contributed by atoms with E-state index in [2.05, 4.69) is 20.4 Å². The van der Waals surface area contributed by atoms with Crippen LogP contribution in [0.25, 0.3) is 0 Å². The Hall–Kier alpha value is -0.590. The van der Waals surface area contributed by atoms with Crippen molar-refractivity contribution in [3.63, 3.8) is 0 Å². The molecule has 0 aromatic rings. The molecule has 0 saturated carbocycles. The van der Waals surface area contributed by atoms with E-state index in [-0.39, 0.29) is 0 Å². The molecule has 0 aromatic heterocycles. The lowest BCUT2D eigenvalue weighted by molar-refractivity contribution is 0.443. The van der Waals surface area contributed by atoms with E-state index in [1.807, 2.05) is 13.8 Å². The molecule has 0 aromatic carbocycles. The smallest absolute Gasteiger partial charge is 0.0169 e. The second kappa shape index (κ2) is 6.80. The molecule has 1 heteroatoms. The fraction of sp³-hybridized carbons (Fsp3) is 0.769. The fourth-order valence-corrected chi connectivity index (χ4v) is 1.82. The lowest BCUT2D eigenvalue weighted by Gasteiger charge is -2.20. The predicted molar refractivity (Wildman–Crippen MR) is 65.0 cm³/mol. The van der Waals surface area contributed by atoms with Crippen LogP contribution >= 0.6 is 0 Å². The van der Waals surface area contributed by atoms with Crippen molar-refractivity contribution in [1.29, 1.82) is 5.41 Å². The highest BCUT2D eigenvalue weighted by Gasteiger charge is 2.15. The maximum atomic E-state index is 7.69. The quantitative estimate of drug-likeness (QED) is 0.459. The summed E-state index contributed by atoms with van der Waals surface area (Å²) in [6.07, 6.45) is 4.96. The molecule has 14 heavy (non-hydrogen) atoms. The highest BCUT2D eigenvalue weighted by atomic mass is 14.4. The van der Waals surface area contributed by atoms with E-state index in [9.17, 15) is 0 Å². The molecule has 1 N–H and O–H groups in total. The zero-order valence-electron chi connectivity index (χ0n) is 10.2. The van der Waals surface area contributed by atoms with Gasteiger partial charge in [0.2, 0.25) is 0 Å². The van der Waals surface area contributed by atoms with Gasteiger partial charge in [0.15, 0.2) is 0 Å². The molecule has 0 radical (unpaired) electrons. The van der Waals surface area contributed by atoms with Crippen molar-refractivity contribution in [3.05, 3.63) is 12.2 Å². The average Bonchev–Trinajstić information content (AvgIpc) is 2.09. The fourth-order valence-electron chi connectivity index (χ4n) is 1.82. The number of unbranched alkanes of at least 4 members (excludes halogenated alkanes) is 1. The summed E-state index contributed by atoms with van der Waals surface area (Å²) in [6.45, 7) is 12.4. The van der Waals surface area contributed by atoms with Gasteiger partial charge in [-0.1, -0.05) is 45.3 Å². The van der Waals surface area contributed by atoms with Crippen LogP contribution in [0, 0.1) is 17.2 Å². The summed E-state index contributed by atoms with van der Waals surface area (Å²) in [5, 5.41) is 7.69. The Labute approximate surface area is 89.1 Å². The van der Waals surface area contributed by atoms with E-state index in [4.69, 9.17) is 5.41 Å². The number of nitrogens with one attached hydrogen (secondary N) is 1. The summed E-state index contributed by atoms with van der Waals surface area (Å²) in [4.78, 5) is 0. The molecule has 0 heterocycles. The Morgan fingerprint density at radius 2 is 1.93 bits per heavy atom. The number of hydrogen-bond acceptors (Lipinski definition) is 1. The minimum absolute atomic E-state index is 0.307. The lowest BCUT2D eigenvalue weighted by Crippen LogP contribution is -2.15. The third-order valence-electron chi connectivity index (χ3n) is 2.81. The monoisotopic (exact) mass is 195 g/mol. The van der Waals surface area contributed by atoms with E-state index in [0.29, 0.717) is 5.92 Å². The van der Waals surface area contributed by atoms with E-state index in [1.165, 1.54) is 19.3 Å². The molecule has 0 aliphatic heterocycles. The molecule has 0 saturated heterocycles. The summed E-state index contributed by atoms with van der Waals surface area (Å²) in [7, 11) is 0. The van der Waals surface area contributed by atoms with Crippen LogP contribution < -0.4 is 0 Å². The largest absolute Gasteiger partial charge is 0.309 e. The van der Waals surface area contributed by atoms with Gasteiger partial charge in [-0.25, -0.2) is 0 Å². The molecule has 0 aliphatic rings. The van der Waals surface area contributed by atoms with E-state index >= 15 is 0 Å². The van der Waals surface area contributed by atoms with Crippen molar-refractivity contribution in [2.24, 2.45) is 11.8 Å². The summed E-state index contributed by atoms with van der Waals surface area (Å²) in [5.74, 6) is 1.03. The van der Waals surface area contributed by atoms with Gasteiger partial charge >= 0.3 is 0 Å². The van der Waals surface area contributed by atoms with Crippen molar-refractivity contribution < 1.29 is 0 Å². The molecule has 2 atom stereocenters. The Balaban J connectivity index is 4.03. The van der Waals surface area contributed by atoms with Crippen LogP contribution in [-0.4, -0.2) is 5.71 Å². The second-order valence-corrected chi connectivity index (χ2v) is 4.57. The van der Waals surface area contributed by atoms with Crippen LogP contribution in [0.4, 0.5) is 0 Å². The highest BCUT2D eigenvalue weighted by Crippen LogP contribution is 2.23. The maximum absolute atomic E-state index is 7.69. The first-order valence-electron chi connectivity index (χ1n) is 5.69. The van der Waals surface area contributed by atoms with Crippen LogP contribution in [-0.2, 0) is 0 Å². The van der Waals surface area contributed by atoms with E-state index in [0.717, 1.165) is 23.6 Å². The molecule has 82 valence electrons. The van der Waals surface area contributed by atoms with Crippen molar-refractivity contribution >= 4 is 5.71 Å². The normalized spacial score (nSPS) is 14.9. The van der Waals surface area contributed by atoms with Gasteiger partial charge in [-0.3, -0.25) is 0 Å². The Kier molecular flexibility index (Phi) is 6.52. The Morgan fingerprint density at radius 1 is 1.36 bits per heavy atom. The number of rotatable bonds is 7. The summed E-state index contributed by atoms with van der Waals surface area (Å²) in [6, 6.07) is 0. The van der Waals surface area contributed by atoms with Crippen molar-refractivity contribution in [2.45, 2.75) is 53.4 Å². The van der Waals surface area contributed by atoms with E-state index in [1.54, 1.807) is 0 Å². The van der Waals surface area contributed by atoms with Crippen molar-refractivity contribution in [3.8, 4) is 0 Å². The SMILES string of the molecule is C=C(C)C(CC(C)CCCC)C(C)=N. The summed E-state index contributed by atoms with van der Waals surface area (Å²) in [5.41, 5.74) is 1.90. The van der Waals surface area contributed by atoms with Crippen LogP contribution in [0.5, 0.6) is 0 Å². The van der Waals surface area contributed by atoms with Crippen LogP contribution in [0.1, 0.15) is 53.4 Å². The van der Waals surface area contributed by atoms with Crippen LogP contribution in [0.2, 0.25) is 0 Å². The first kappa shape index (κ1) is 13.4. The molecule has 0 spiro atoms. The molecule has 0 amide bonds. The third kappa shape index (κ3) is 5.21. The molecule has 0 fully saturated rings. The molecule has 0 rings (SSSR count). The van der Waals surface area contributed by atoms with Crippen molar-refractivity contribution in [2.75, 3.05) is 0 Å². The Bertz CT molecular complexity index is 179. The van der Waals surface area contributed by atoms with Gasteiger partial charge in [-0.05, 0) is 26.2 Å². The molecular weight excluding hydrogens is 170 g/mol. The lowest BCUT2D eigenvalue weighted by atomic mass is 9.85. The van der Waals surface area contributed by atoms with Gasteiger partial charge in [-0.2, -0.15) is 0 Å². The third-order valence-corrected chi connectivity index (χ3v) is 2.81. The molecule has 0 bridgehead atoms. The molecule has 0 aliphatic carbocycles. The summed E-state index contributed by atoms with van der Waals surface area (Å²) >= 11 is 0. The minimum Gasteiger partial charge on any atom is -0.309 e. The maximum Gasteiger partial charge on any atom is 0.0169 e. The Morgan fingerprint density at radius 3 is 2.29 bits per heavy atom. The van der Waals surface area contributed by atoms with Gasteiger partial charge in [0, 0.05) is 11.6 Å². The predicted octanol–water partition coefficient (Wildman–Crippen LogP) is 4.43. The van der Waals surface area contributed by atoms with Gasteiger partial charge < -0.3 is 5.41 Å². The van der Waals surface area contributed by atoms with Gasteiger partial charge in [0.1, 0.15) is 0 Å². The zero-order chi connectivity index (χ0) is 11.1. The molecular formula is C13H25N. The number of allylic oxidation sites excluding steroid dienone is 1. The van der Waals surface area contributed by atoms with Gasteiger partial charge in [-0.15, -0.1) is 0 Å². The first-order valence-corrected chi connectivity index (χ1v) is 5.69. The second-order valence-electron chi connectivity index (χ2n) is 4.57. The van der Waals surface area contributed by atoms with Crippen LogP contribution in [0.3, 0.4) is 0 Å². The summed E-state index contributed by atoms with van der Waals surface area (Å²) < 4.78 is 0. The molecule has 1 nitrogen and oxygen atoms in total. The molecule has 2 unspecified atom stereocenters. The number of hydrogen-bond donors (Lipinski definition) is 1. The van der Waals surface area contributed by atoms with Crippen LogP contribution in [0.15, 0.2) is 12.2 Å². The zero-order valence-corrected chi connectivity index (χ0v) is 10.2. The van der Waals surface area contributed by atoms with E-state index < -0.39 is 0 Å². The van der Waals surface area contributed by atoms with Gasteiger partial charge in [0.25, 0.3) is 0 Å².